The summed E-state index contributed by atoms with van der Waals surface area (Å²) < 4.78 is 16.9. The number of rotatable bonds is 8. The molecular formula is C21H30N2O5. The number of ketones is 1. The lowest BCUT2D eigenvalue weighted by Gasteiger charge is -2.36. The topological polar surface area (TPSA) is 80.3 Å². The number of ether oxygens (including phenoxy) is 3. The Morgan fingerprint density at radius 2 is 2.04 bits per heavy atom. The van der Waals surface area contributed by atoms with E-state index in [2.05, 4.69) is 12.2 Å². The van der Waals surface area contributed by atoms with Crippen LogP contribution in [0.15, 0.2) is 42.2 Å². The molecule has 2 aliphatic heterocycles. The maximum Gasteiger partial charge on any atom is 0.211 e. The highest BCUT2D eigenvalue weighted by Gasteiger charge is 2.39. The van der Waals surface area contributed by atoms with E-state index in [0.717, 1.165) is 24.9 Å². The quantitative estimate of drug-likeness (QED) is 0.515. The van der Waals surface area contributed by atoms with E-state index >= 15 is 0 Å². The van der Waals surface area contributed by atoms with Gasteiger partial charge in [0.1, 0.15) is 6.10 Å². The fourth-order valence-corrected chi connectivity index (χ4v) is 3.27. The molecule has 2 heterocycles. The number of carbonyl (C=O) groups is 1. The molecule has 0 unspecified atom stereocenters. The summed E-state index contributed by atoms with van der Waals surface area (Å²) in [6.45, 7) is 5.38. The van der Waals surface area contributed by atoms with Gasteiger partial charge in [-0.2, -0.15) is 0 Å². The molecule has 3 rings (SSSR count). The molecule has 0 aliphatic carbocycles. The third-order valence-corrected chi connectivity index (χ3v) is 4.89. The summed E-state index contributed by atoms with van der Waals surface area (Å²) in [5, 5.41) is 13.6. The van der Waals surface area contributed by atoms with Crippen LogP contribution in [0.2, 0.25) is 0 Å². The summed E-state index contributed by atoms with van der Waals surface area (Å²) in [6.07, 6.45) is 1.20. The lowest BCUT2D eigenvalue weighted by Crippen LogP contribution is -2.49. The number of unbranched alkanes of at least 4 members (excludes halogenated alkanes) is 1. The molecule has 0 aromatic heterocycles. The van der Waals surface area contributed by atoms with Gasteiger partial charge in [0.25, 0.3) is 0 Å². The normalized spacial score (nSPS) is 26.1. The minimum atomic E-state index is -1.01. The number of nitrogens with zero attached hydrogens (tertiary/aromatic N) is 1. The zero-order valence-corrected chi connectivity index (χ0v) is 16.4. The second-order valence-corrected chi connectivity index (χ2v) is 7.00. The van der Waals surface area contributed by atoms with Gasteiger partial charge in [0.2, 0.25) is 5.78 Å². The van der Waals surface area contributed by atoms with E-state index in [1.165, 1.54) is 0 Å². The Hall–Kier alpha value is -1.93. The van der Waals surface area contributed by atoms with Gasteiger partial charge in [0.05, 0.1) is 25.5 Å². The molecule has 2 fully saturated rings. The van der Waals surface area contributed by atoms with Crippen LogP contribution in [0, 0.1) is 0 Å². The minimum Gasteiger partial charge on any atom is -0.389 e. The fraction of sp³-hybridized carbons (Fsp3) is 0.571. The van der Waals surface area contributed by atoms with Gasteiger partial charge in [0, 0.05) is 31.4 Å². The van der Waals surface area contributed by atoms with Crippen molar-refractivity contribution < 1.29 is 24.1 Å². The van der Waals surface area contributed by atoms with Crippen molar-refractivity contribution in [2.24, 2.45) is 0 Å². The molecule has 1 aromatic rings. The van der Waals surface area contributed by atoms with Gasteiger partial charge in [-0.1, -0.05) is 43.7 Å². The van der Waals surface area contributed by atoms with Gasteiger partial charge in [0.15, 0.2) is 12.4 Å². The average Bonchev–Trinajstić information content (AvgIpc) is 2.75. The first-order valence-electron chi connectivity index (χ1n) is 10.0. The number of morpholine rings is 1. The highest BCUT2D eigenvalue weighted by atomic mass is 16.7. The van der Waals surface area contributed by atoms with Crippen LogP contribution in [-0.4, -0.2) is 67.5 Å². The molecular weight excluding hydrogens is 360 g/mol. The summed E-state index contributed by atoms with van der Waals surface area (Å²) in [4.78, 5) is 15.3. The molecule has 1 aromatic carbocycles. The van der Waals surface area contributed by atoms with E-state index in [4.69, 9.17) is 14.2 Å². The molecule has 3 atom stereocenters. The lowest BCUT2D eigenvalue weighted by atomic mass is 10.0. The largest absolute Gasteiger partial charge is 0.389 e. The van der Waals surface area contributed by atoms with Crippen molar-refractivity contribution in [1.82, 2.24) is 10.2 Å². The van der Waals surface area contributed by atoms with E-state index in [9.17, 15) is 9.90 Å². The Morgan fingerprint density at radius 1 is 1.29 bits per heavy atom. The summed E-state index contributed by atoms with van der Waals surface area (Å²) in [6, 6.07) is 9.45. The van der Waals surface area contributed by atoms with Gasteiger partial charge in [-0.15, -0.1) is 0 Å². The minimum absolute atomic E-state index is 0.0512. The lowest BCUT2D eigenvalue weighted by molar-refractivity contribution is -0.250. The molecule has 0 spiro atoms. The molecule has 0 saturated carbocycles. The number of nitrogens with one attached hydrogen (secondary N) is 1. The van der Waals surface area contributed by atoms with Crippen LogP contribution >= 0.6 is 0 Å². The Balaban J connectivity index is 1.75. The van der Waals surface area contributed by atoms with E-state index < -0.39 is 18.5 Å². The number of hydrogen-bond donors (Lipinski definition) is 2. The van der Waals surface area contributed by atoms with Gasteiger partial charge in [-0.3, -0.25) is 4.79 Å². The van der Waals surface area contributed by atoms with Crippen LogP contribution in [0.1, 0.15) is 31.6 Å². The van der Waals surface area contributed by atoms with Gasteiger partial charge >= 0.3 is 0 Å². The molecule has 154 valence electrons. The number of benzene rings is 1. The predicted octanol–water partition coefficient (Wildman–Crippen LogP) is 1.59. The molecule has 7 heteroatoms. The standard InChI is InChI=1S/C21H30N2O5/c1-2-3-9-22-14-17(23-10-12-26-13-11-23)19(25)20-18(24)15-27-21(28-20)16-7-5-4-6-8-16/h4-8,14,18,20-22,24H,2-3,9-13,15H2,1H3/b17-14-/t18-,20-,21-/m1/s1. The molecule has 2 N–H and O–H groups in total. The SMILES string of the molecule is CCCCN/C=C(/C(=O)[C@@H]1O[C@H](c2ccccc2)OC[C@H]1O)N1CCOCC1. The highest BCUT2D eigenvalue weighted by Crippen LogP contribution is 2.28. The highest BCUT2D eigenvalue weighted by molar-refractivity contribution is 5.98. The fourth-order valence-electron chi connectivity index (χ4n) is 3.27. The van der Waals surface area contributed by atoms with Crippen molar-refractivity contribution >= 4 is 5.78 Å². The van der Waals surface area contributed by atoms with E-state index in [1.807, 2.05) is 35.2 Å². The maximum atomic E-state index is 13.3. The molecule has 28 heavy (non-hydrogen) atoms. The first-order valence-corrected chi connectivity index (χ1v) is 10.0. The summed E-state index contributed by atoms with van der Waals surface area (Å²) >= 11 is 0. The summed E-state index contributed by atoms with van der Waals surface area (Å²) in [5.74, 6) is -0.234. The van der Waals surface area contributed by atoms with Crippen molar-refractivity contribution in [1.29, 1.82) is 0 Å². The molecule has 2 saturated heterocycles. The third-order valence-electron chi connectivity index (χ3n) is 4.89. The van der Waals surface area contributed by atoms with Crippen LogP contribution in [0.3, 0.4) is 0 Å². The second-order valence-electron chi connectivity index (χ2n) is 7.00. The molecule has 0 bridgehead atoms. The van der Waals surface area contributed by atoms with E-state index in [-0.39, 0.29) is 12.4 Å². The van der Waals surface area contributed by atoms with Crippen molar-refractivity contribution in [3.63, 3.8) is 0 Å². The van der Waals surface area contributed by atoms with E-state index in [1.54, 1.807) is 6.20 Å². The van der Waals surface area contributed by atoms with Crippen molar-refractivity contribution in [2.75, 3.05) is 39.5 Å². The Labute approximate surface area is 166 Å². The van der Waals surface area contributed by atoms with Crippen LogP contribution in [-0.2, 0) is 19.0 Å². The first-order chi connectivity index (χ1) is 13.7. The zero-order chi connectivity index (χ0) is 19.8. The van der Waals surface area contributed by atoms with Crippen LogP contribution in [0.4, 0.5) is 0 Å². The molecule has 2 aliphatic rings. The second kappa shape index (κ2) is 10.6. The monoisotopic (exact) mass is 390 g/mol. The van der Waals surface area contributed by atoms with Crippen LogP contribution in [0.25, 0.3) is 0 Å². The maximum absolute atomic E-state index is 13.3. The van der Waals surface area contributed by atoms with Gasteiger partial charge in [-0.05, 0) is 6.42 Å². The van der Waals surface area contributed by atoms with Crippen LogP contribution in [0.5, 0.6) is 0 Å². The number of Topliss-reactive ketones (excluding diaryl/α,β-unsaturated/α-hetero) is 1. The van der Waals surface area contributed by atoms with E-state index in [0.29, 0.717) is 32.0 Å². The molecule has 0 amide bonds. The zero-order valence-electron chi connectivity index (χ0n) is 16.4. The smallest absolute Gasteiger partial charge is 0.211 e. The van der Waals surface area contributed by atoms with Crippen molar-refractivity contribution in [3.05, 3.63) is 47.8 Å². The Kier molecular flexibility index (Phi) is 7.85. The summed E-state index contributed by atoms with van der Waals surface area (Å²) in [7, 11) is 0. The molecule has 7 nitrogen and oxygen atoms in total. The van der Waals surface area contributed by atoms with Gasteiger partial charge < -0.3 is 29.5 Å². The predicted molar refractivity (Wildman–Crippen MR) is 104 cm³/mol. The van der Waals surface area contributed by atoms with Crippen LogP contribution < -0.4 is 5.32 Å². The third kappa shape index (κ3) is 5.32. The number of hydrogen-bond acceptors (Lipinski definition) is 7. The molecule has 0 radical (unpaired) electrons. The Morgan fingerprint density at radius 3 is 2.75 bits per heavy atom. The summed E-state index contributed by atoms with van der Waals surface area (Å²) in [5.41, 5.74) is 1.35. The number of carbonyl (C=O) groups excluding carboxylic acids is 1. The van der Waals surface area contributed by atoms with Crippen molar-refractivity contribution in [3.8, 4) is 0 Å². The number of aliphatic hydroxyl groups excluding tert-OH is 1. The average molecular weight is 390 g/mol. The first kappa shape index (κ1) is 20.8. The van der Waals surface area contributed by atoms with Gasteiger partial charge in [-0.25, -0.2) is 0 Å². The van der Waals surface area contributed by atoms with Crippen molar-refractivity contribution in [2.45, 2.75) is 38.3 Å². The number of aliphatic hydroxyl groups is 1. The Bertz CT molecular complexity index is 645.